The molecule has 2 nitrogen and oxygen atoms in total. The van der Waals surface area contributed by atoms with Crippen LogP contribution in [0.2, 0.25) is 0 Å². The van der Waals surface area contributed by atoms with Crippen molar-refractivity contribution in [1.82, 2.24) is 0 Å². The molecule has 0 aromatic rings. The van der Waals surface area contributed by atoms with E-state index in [2.05, 4.69) is 39.5 Å². The summed E-state index contributed by atoms with van der Waals surface area (Å²) >= 11 is 5.53. The number of rotatable bonds is 8. The van der Waals surface area contributed by atoms with Crippen LogP contribution in [0.1, 0.15) is 53.4 Å². The molecule has 2 atom stereocenters. The molecule has 6 heteroatoms. The molecule has 17 heavy (non-hydrogen) atoms. The van der Waals surface area contributed by atoms with Crippen molar-refractivity contribution in [1.29, 1.82) is 0 Å². The molecule has 0 saturated carbocycles. The molecular weight excluding hydrogens is 323 g/mol. The van der Waals surface area contributed by atoms with Gasteiger partial charge >= 0.3 is 17.1 Å². The third-order valence-corrected chi connectivity index (χ3v) is 6.54. The summed E-state index contributed by atoms with van der Waals surface area (Å²) in [6.45, 7) is 8.46. The molecule has 107 valence electrons. The molecule has 0 aromatic heterocycles. The van der Waals surface area contributed by atoms with Gasteiger partial charge in [-0.2, -0.15) is 17.1 Å². The third kappa shape index (κ3) is 9.95. The van der Waals surface area contributed by atoms with Crippen molar-refractivity contribution in [3.8, 4) is 0 Å². The molecule has 2 unspecified atom stereocenters. The molecule has 0 aliphatic carbocycles. The molecular formula is C11H23CuO2PS2. The fourth-order valence-corrected chi connectivity index (χ4v) is 6.05. The summed E-state index contributed by atoms with van der Waals surface area (Å²) in [5.41, 5.74) is -3.62. The number of unbranched alkanes of at least 4 members (excludes halogenated alkanes) is 1. The van der Waals surface area contributed by atoms with E-state index in [1.165, 1.54) is 6.42 Å². The molecule has 0 aromatic carbocycles. The molecule has 0 amide bonds. The van der Waals surface area contributed by atoms with E-state index >= 15 is 0 Å². The van der Waals surface area contributed by atoms with Gasteiger partial charge < -0.3 is 9.79 Å². The van der Waals surface area contributed by atoms with Crippen LogP contribution in [0.3, 0.4) is 0 Å². The Morgan fingerprint density at radius 1 is 1.24 bits per heavy atom. The molecule has 0 aliphatic rings. The Morgan fingerprint density at radius 3 is 2.06 bits per heavy atom. The maximum absolute atomic E-state index is 11.2. The standard InChI is InChI=1S/C11H25O2PS2.Cu/c1-5-7-8-10(6-2)11(9(3)4)16-14(12,13)15;/h9-11H,5-8H2,1-4H3,(H2,12,13,15);/q;+2/p-2. The van der Waals surface area contributed by atoms with Gasteiger partial charge in [0.1, 0.15) is 0 Å². The molecule has 0 bridgehead atoms. The number of hydrogen-bond donors (Lipinski definition) is 0. The van der Waals surface area contributed by atoms with Crippen LogP contribution in [0, 0.1) is 11.8 Å². The first-order chi connectivity index (χ1) is 7.31. The van der Waals surface area contributed by atoms with Gasteiger partial charge in [0, 0.05) is 5.25 Å². The Morgan fingerprint density at radius 2 is 1.76 bits per heavy atom. The second kappa shape index (κ2) is 10.3. The SMILES string of the molecule is CCCCC(CC)C(SP([O-])([O-])=S)C(C)C.[Cu+2]. The number of hydrogen-bond acceptors (Lipinski definition) is 4. The van der Waals surface area contributed by atoms with Crippen LogP contribution in [-0.4, -0.2) is 5.25 Å². The van der Waals surface area contributed by atoms with Gasteiger partial charge in [-0.05, 0) is 18.3 Å². The van der Waals surface area contributed by atoms with Crippen LogP contribution in [-0.2, 0) is 28.9 Å². The summed E-state index contributed by atoms with van der Waals surface area (Å²) in [4.78, 5) is 22.5. The van der Waals surface area contributed by atoms with Crippen molar-refractivity contribution in [3.05, 3.63) is 0 Å². The van der Waals surface area contributed by atoms with E-state index in [-0.39, 0.29) is 22.3 Å². The fourth-order valence-electron chi connectivity index (χ4n) is 1.97. The first kappa shape index (κ1) is 20.8. The largest absolute Gasteiger partial charge is 2.00 e. The van der Waals surface area contributed by atoms with Gasteiger partial charge in [-0.1, -0.05) is 47.0 Å². The van der Waals surface area contributed by atoms with Crippen molar-refractivity contribution >= 4 is 28.9 Å². The monoisotopic (exact) mass is 345 g/mol. The van der Waals surface area contributed by atoms with Gasteiger partial charge in [-0.15, -0.1) is 11.8 Å². The minimum absolute atomic E-state index is 0. The molecule has 0 spiro atoms. The molecule has 0 aliphatic heterocycles. The second-order valence-corrected chi connectivity index (χ2v) is 10.4. The van der Waals surface area contributed by atoms with E-state index in [9.17, 15) is 9.79 Å². The summed E-state index contributed by atoms with van der Waals surface area (Å²) in [6, 6.07) is 0. The van der Waals surface area contributed by atoms with Crippen molar-refractivity contribution in [2.75, 3.05) is 0 Å². The first-order valence-corrected chi connectivity index (χ1v) is 10.1. The smallest absolute Gasteiger partial charge is 0.825 e. The second-order valence-electron chi connectivity index (χ2n) is 4.57. The van der Waals surface area contributed by atoms with Gasteiger partial charge in [0.25, 0.3) is 0 Å². The van der Waals surface area contributed by atoms with Crippen molar-refractivity contribution < 1.29 is 26.9 Å². The summed E-state index contributed by atoms with van der Waals surface area (Å²) < 4.78 is 0. The van der Waals surface area contributed by atoms with E-state index in [0.717, 1.165) is 30.6 Å². The minimum Gasteiger partial charge on any atom is -0.825 e. The topological polar surface area (TPSA) is 46.1 Å². The molecule has 1 radical (unpaired) electrons. The fraction of sp³-hybridized carbons (Fsp3) is 1.00. The summed E-state index contributed by atoms with van der Waals surface area (Å²) in [5, 5.41) is 0.150. The molecule has 0 saturated heterocycles. The molecule has 0 rings (SSSR count). The van der Waals surface area contributed by atoms with Crippen LogP contribution in [0.4, 0.5) is 0 Å². The Bertz CT molecular complexity index is 234. The van der Waals surface area contributed by atoms with Gasteiger partial charge in [-0.3, -0.25) is 0 Å². The van der Waals surface area contributed by atoms with Gasteiger partial charge in [0.2, 0.25) is 0 Å². The van der Waals surface area contributed by atoms with Crippen LogP contribution < -0.4 is 9.79 Å². The Kier molecular flexibility index (Phi) is 12.5. The zero-order valence-corrected chi connectivity index (χ0v) is 14.4. The zero-order chi connectivity index (χ0) is 12.8. The summed E-state index contributed by atoms with van der Waals surface area (Å²) in [6.07, 6.45) is 4.47. The van der Waals surface area contributed by atoms with Crippen molar-refractivity contribution in [2.45, 2.75) is 58.6 Å². The zero-order valence-electron chi connectivity index (χ0n) is 10.9. The average Bonchev–Trinajstić information content (AvgIpc) is 2.15. The predicted molar refractivity (Wildman–Crippen MR) is 73.8 cm³/mol. The quantitative estimate of drug-likeness (QED) is 0.501. The maximum atomic E-state index is 11.2. The Balaban J connectivity index is 0. The van der Waals surface area contributed by atoms with Crippen molar-refractivity contribution in [3.63, 3.8) is 0 Å². The van der Waals surface area contributed by atoms with Crippen molar-refractivity contribution in [2.24, 2.45) is 11.8 Å². The molecule has 0 N–H and O–H groups in total. The van der Waals surface area contributed by atoms with Crippen LogP contribution in [0.15, 0.2) is 0 Å². The summed E-state index contributed by atoms with van der Waals surface area (Å²) in [5.74, 6) is 0.826. The third-order valence-electron chi connectivity index (χ3n) is 2.83. The molecule has 0 heterocycles. The van der Waals surface area contributed by atoms with E-state index < -0.39 is 5.69 Å². The average molecular weight is 346 g/mol. The van der Waals surface area contributed by atoms with Gasteiger partial charge in [0.15, 0.2) is 0 Å². The van der Waals surface area contributed by atoms with Gasteiger partial charge in [0.05, 0.1) is 0 Å². The Hall–Kier alpha value is 1.44. The Labute approximate surface area is 126 Å². The maximum Gasteiger partial charge on any atom is 2.00 e. The van der Waals surface area contributed by atoms with Gasteiger partial charge in [-0.25, -0.2) is 0 Å². The molecule has 0 fully saturated rings. The normalized spacial score (nSPS) is 15.5. The van der Waals surface area contributed by atoms with E-state index in [1.807, 2.05) is 0 Å². The predicted octanol–water partition coefficient (Wildman–Crippen LogP) is 2.90. The minimum atomic E-state index is -3.62. The van der Waals surface area contributed by atoms with E-state index in [4.69, 9.17) is 0 Å². The van der Waals surface area contributed by atoms with Crippen LogP contribution in [0.5, 0.6) is 0 Å². The first-order valence-electron chi connectivity index (χ1n) is 6.02. The van der Waals surface area contributed by atoms with Crippen LogP contribution >= 0.6 is 17.1 Å². The van der Waals surface area contributed by atoms with E-state index in [0.29, 0.717) is 11.8 Å². The van der Waals surface area contributed by atoms with Crippen LogP contribution in [0.25, 0.3) is 0 Å². The summed E-state index contributed by atoms with van der Waals surface area (Å²) in [7, 11) is 0. The van der Waals surface area contributed by atoms with E-state index in [1.54, 1.807) is 0 Å².